The number of nitrogens with zero attached hydrogens (tertiary/aromatic N) is 4. The van der Waals surface area contributed by atoms with Gasteiger partial charge in [-0.3, -0.25) is 19.1 Å². The molecule has 1 unspecified atom stereocenters. The quantitative estimate of drug-likeness (QED) is 0.194. The van der Waals surface area contributed by atoms with Gasteiger partial charge in [-0.1, -0.05) is 53.2 Å². The summed E-state index contributed by atoms with van der Waals surface area (Å²) in [4.78, 5) is 24.1. The van der Waals surface area contributed by atoms with E-state index in [9.17, 15) is 4.79 Å². The van der Waals surface area contributed by atoms with E-state index in [2.05, 4.69) is 11.1 Å². The minimum absolute atomic E-state index is 0.0681. The molecule has 4 aromatic rings. The second-order valence-electron chi connectivity index (χ2n) is 10.1. The fourth-order valence-electron chi connectivity index (χ4n) is 4.97. The molecule has 0 aliphatic carbocycles. The van der Waals surface area contributed by atoms with Gasteiger partial charge in [-0.05, 0) is 73.5 Å². The summed E-state index contributed by atoms with van der Waals surface area (Å²) < 4.78 is 9.08. The standard InChI is InChI=1S/C31H30Cl2N4O2S/c1-21(2)37-29(40-27-16-24(32)15-25(33)17-27)28(36(30(37)38)20-23-5-7-26(39-3)8-6-23)19-31(11-4-12-35-31)18-22-9-13-34-14-10-22/h4-17,21H,18-20H2,1-3H3. The summed E-state index contributed by atoms with van der Waals surface area (Å²) in [5, 5.41) is 1.95. The fourth-order valence-corrected chi connectivity index (χ4v) is 6.91. The molecule has 0 bridgehead atoms. The maximum atomic E-state index is 14.1. The number of pyridine rings is 1. The Balaban J connectivity index is 1.66. The average Bonchev–Trinajstić information content (AvgIpc) is 3.47. The Hall–Kier alpha value is -3.26. The van der Waals surface area contributed by atoms with Gasteiger partial charge in [0.25, 0.3) is 0 Å². The number of hydrogen-bond donors (Lipinski definition) is 0. The highest BCUT2D eigenvalue weighted by molar-refractivity contribution is 7.99. The molecule has 0 saturated carbocycles. The van der Waals surface area contributed by atoms with Gasteiger partial charge < -0.3 is 4.74 Å². The van der Waals surface area contributed by atoms with E-state index in [1.54, 1.807) is 25.6 Å². The molecule has 40 heavy (non-hydrogen) atoms. The van der Waals surface area contributed by atoms with Gasteiger partial charge in [-0.2, -0.15) is 0 Å². The molecule has 1 aliphatic heterocycles. The second-order valence-corrected chi connectivity index (χ2v) is 12.0. The zero-order valence-electron chi connectivity index (χ0n) is 22.6. The van der Waals surface area contributed by atoms with Crippen molar-refractivity contribution < 1.29 is 4.74 Å². The highest BCUT2D eigenvalue weighted by atomic mass is 35.5. The molecule has 2 aromatic heterocycles. The number of aliphatic imine (C=N–C) groups is 1. The molecule has 1 atom stereocenters. The van der Waals surface area contributed by atoms with E-state index < -0.39 is 5.54 Å². The molecule has 0 radical (unpaired) electrons. The van der Waals surface area contributed by atoms with Crippen LogP contribution in [0, 0.1) is 0 Å². The van der Waals surface area contributed by atoms with E-state index in [0.29, 0.717) is 29.4 Å². The van der Waals surface area contributed by atoms with Gasteiger partial charge in [0.1, 0.15) is 10.8 Å². The Morgan fingerprint density at radius 1 is 0.975 bits per heavy atom. The number of ether oxygens (including phenoxy) is 1. The van der Waals surface area contributed by atoms with E-state index in [1.807, 2.05) is 83.8 Å². The summed E-state index contributed by atoms with van der Waals surface area (Å²) in [6, 6.07) is 17.2. The SMILES string of the molecule is COc1ccc(Cn2c(CC3(Cc4ccncc4)C=CC=N3)c(Sc3cc(Cl)cc(Cl)c3)n(C(C)C)c2=O)cc1. The number of halogens is 2. The van der Waals surface area contributed by atoms with Gasteiger partial charge in [0.05, 0.1) is 24.9 Å². The Kier molecular flexibility index (Phi) is 8.54. The molecular formula is C31H30Cl2N4O2S. The topological polar surface area (TPSA) is 61.4 Å². The van der Waals surface area contributed by atoms with Crippen molar-refractivity contribution in [1.82, 2.24) is 14.1 Å². The van der Waals surface area contributed by atoms with Crippen molar-refractivity contribution in [3.63, 3.8) is 0 Å². The first-order valence-electron chi connectivity index (χ1n) is 13.0. The summed E-state index contributed by atoms with van der Waals surface area (Å²) in [6.07, 6.45) is 10.8. The van der Waals surface area contributed by atoms with Crippen LogP contribution in [0.1, 0.15) is 36.7 Å². The lowest BCUT2D eigenvalue weighted by molar-refractivity contribution is 0.414. The third-order valence-electron chi connectivity index (χ3n) is 6.85. The van der Waals surface area contributed by atoms with E-state index in [4.69, 9.17) is 32.9 Å². The van der Waals surface area contributed by atoms with E-state index >= 15 is 0 Å². The smallest absolute Gasteiger partial charge is 0.329 e. The summed E-state index contributed by atoms with van der Waals surface area (Å²) in [7, 11) is 1.64. The van der Waals surface area contributed by atoms with Crippen LogP contribution in [0.25, 0.3) is 0 Å². The summed E-state index contributed by atoms with van der Waals surface area (Å²) >= 11 is 14.2. The highest BCUT2D eigenvalue weighted by Gasteiger charge is 2.34. The third kappa shape index (κ3) is 6.22. The Labute approximate surface area is 248 Å². The van der Waals surface area contributed by atoms with Gasteiger partial charge >= 0.3 is 5.69 Å². The summed E-state index contributed by atoms with van der Waals surface area (Å²) in [6.45, 7) is 4.47. The van der Waals surface area contributed by atoms with Gasteiger partial charge in [0.2, 0.25) is 0 Å². The zero-order valence-corrected chi connectivity index (χ0v) is 24.9. The Morgan fingerprint density at radius 2 is 1.68 bits per heavy atom. The first-order chi connectivity index (χ1) is 19.3. The van der Waals surface area contributed by atoms with Crippen LogP contribution in [0.15, 0.2) is 98.9 Å². The van der Waals surface area contributed by atoms with Crippen LogP contribution in [0.4, 0.5) is 0 Å². The molecule has 0 fully saturated rings. The van der Waals surface area contributed by atoms with Crippen molar-refractivity contribution in [2.75, 3.05) is 7.11 Å². The van der Waals surface area contributed by atoms with Crippen molar-refractivity contribution in [3.8, 4) is 5.75 Å². The van der Waals surface area contributed by atoms with Gasteiger partial charge in [-0.15, -0.1) is 0 Å². The lowest BCUT2D eigenvalue weighted by Crippen LogP contribution is -2.31. The third-order valence-corrected chi connectivity index (χ3v) is 8.39. The van der Waals surface area contributed by atoms with Crippen LogP contribution in [-0.4, -0.2) is 33.0 Å². The minimum atomic E-state index is -0.542. The van der Waals surface area contributed by atoms with Crippen molar-refractivity contribution in [3.05, 3.63) is 116 Å². The number of allylic oxidation sites excluding steroid dienone is 1. The van der Waals surface area contributed by atoms with Crippen molar-refractivity contribution in [2.45, 2.75) is 54.7 Å². The fraction of sp³-hybridized carbons (Fsp3) is 0.258. The lowest BCUT2D eigenvalue weighted by Gasteiger charge is -2.26. The van der Waals surface area contributed by atoms with Gasteiger partial charge in [0.15, 0.2) is 0 Å². The molecule has 9 heteroatoms. The molecule has 6 nitrogen and oxygen atoms in total. The maximum Gasteiger partial charge on any atom is 0.329 e. The first-order valence-corrected chi connectivity index (χ1v) is 14.6. The van der Waals surface area contributed by atoms with Crippen LogP contribution >= 0.6 is 35.0 Å². The van der Waals surface area contributed by atoms with Crippen LogP contribution in [0.3, 0.4) is 0 Å². The van der Waals surface area contributed by atoms with Crippen LogP contribution < -0.4 is 10.4 Å². The predicted molar refractivity (Wildman–Crippen MR) is 164 cm³/mol. The van der Waals surface area contributed by atoms with Crippen molar-refractivity contribution in [2.24, 2.45) is 4.99 Å². The number of imidazole rings is 1. The minimum Gasteiger partial charge on any atom is -0.497 e. The number of aromatic nitrogens is 3. The normalized spacial score (nSPS) is 16.2. The number of benzene rings is 2. The van der Waals surface area contributed by atoms with Crippen LogP contribution in [0.2, 0.25) is 10.0 Å². The summed E-state index contributed by atoms with van der Waals surface area (Å²) in [5.74, 6) is 0.770. The molecule has 2 aromatic carbocycles. The first kappa shape index (κ1) is 28.3. The molecule has 5 rings (SSSR count). The van der Waals surface area contributed by atoms with Crippen LogP contribution in [-0.2, 0) is 19.4 Å². The molecular weight excluding hydrogens is 563 g/mol. The molecule has 0 spiro atoms. The maximum absolute atomic E-state index is 14.1. The number of methoxy groups -OCH3 is 1. The monoisotopic (exact) mass is 592 g/mol. The molecule has 0 N–H and O–H groups in total. The van der Waals surface area contributed by atoms with Crippen LogP contribution in [0.5, 0.6) is 5.75 Å². The molecule has 0 amide bonds. The number of rotatable bonds is 10. The van der Waals surface area contributed by atoms with Gasteiger partial charge in [0, 0.05) is 52.4 Å². The van der Waals surface area contributed by atoms with E-state index in [0.717, 1.165) is 32.5 Å². The molecule has 206 valence electrons. The molecule has 3 heterocycles. The van der Waals surface area contributed by atoms with Crippen molar-refractivity contribution in [1.29, 1.82) is 0 Å². The Bertz CT molecular complexity index is 1580. The second kappa shape index (κ2) is 12.1. The zero-order chi connectivity index (χ0) is 28.3. The lowest BCUT2D eigenvalue weighted by atomic mass is 9.87. The summed E-state index contributed by atoms with van der Waals surface area (Å²) in [5.41, 5.74) is 2.43. The largest absolute Gasteiger partial charge is 0.497 e. The number of hydrogen-bond acceptors (Lipinski definition) is 5. The highest BCUT2D eigenvalue weighted by Crippen LogP contribution is 2.38. The van der Waals surface area contributed by atoms with Crippen molar-refractivity contribution >= 4 is 41.2 Å². The van der Waals surface area contributed by atoms with E-state index in [1.165, 1.54) is 11.8 Å². The predicted octanol–water partition coefficient (Wildman–Crippen LogP) is 7.31. The molecule has 1 aliphatic rings. The van der Waals surface area contributed by atoms with E-state index in [-0.39, 0.29) is 11.7 Å². The van der Waals surface area contributed by atoms with Gasteiger partial charge in [-0.25, -0.2) is 4.79 Å². The Morgan fingerprint density at radius 3 is 2.27 bits per heavy atom. The molecule has 0 saturated heterocycles. The average molecular weight is 594 g/mol.